The Kier molecular flexibility index (Phi) is 11.4. The summed E-state index contributed by atoms with van der Waals surface area (Å²) >= 11 is 0. The molecule has 7 atom stereocenters. The summed E-state index contributed by atoms with van der Waals surface area (Å²) in [6, 6.07) is 1.81. The molecule has 3 fully saturated rings. The number of nitrogens with zero attached hydrogens (tertiary/aromatic N) is 2. The van der Waals surface area contributed by atoms with Gasteiger partial charge in [-0.15, -0.1) is 0 Å². The SMILES string of the molecule is CC[C@@H]1C[C@@H](C)CC/C=C\[C@@H]2C[C@@]2(C(=O)NS(=O)(=O)C2CC2)NC(=O)[C@@H]2C[C@@H](Oc3ncc(OC)c4ccc(F)cc34)CN2C(=O)[C@H]1NC(=O)OC(C)(C)C. The second-order valence-electron chi connectivity index (χ2n) is 16.4. The van der Waals surface area contributed by atoms with E-state index in [9.17, 15) is 32.0 Å². The molecule has 0 unspecified atom stereocenters. The Labute approximate surface area is 321 Å². The molecule has 0 bridgehead atoms. The molecule has 2 saturated carbocycles. The number of rotatable bonds is 8. The number of methoxy groups -OCH3 is 1. The number of ether oxygens (including phenoxy) is 3. The lowest BCUT2D eigenvalue weighted by atomic mass is 9.85. The van der Waals surface area contributed by atoms with Crippen LogP contribution in [0.4, 0.5) is 9.18 Å². The maximum atomic E-state index is 14.9. The van der Waals surface area contributed by atoms with Gasteiger partial charge >= 0.3 is 6.09 Å². The first kappa shape index (κ1) is 40.2. The zero-order chi connectivity index (χ0) is 39.9. The van der Waals surface area contributed by atoms with Crippen molar-refractivity contribution in [2.24, 2.45) is 17.8 Å². The van der Waals surface area contributed by atoms with Gasteiger partial charge < -0.3 is 29.7 Å². The summed E-state index contributed by atoms with van der Waals surface area (Å²) in [4.78, 5) is 62.1. The molecule has 3 N–H and O–H groups in total. The van der Waals surface area contributed by atoms with E-state index in [0.717, 1.165) is 6.42 Å². The summed E-state index contributed by atoms with van der Waals surface area (Å²) < 4.78 is 59.8. The third kappa shape index (κ3) is 9.00. The average molecular weight is 786 g/mol. The molecular formula is C39H52FN5O9S. The Morgan fingerprint density at radius 3 is 2.55 bits per heavy atom. The predicted octanol–water partition coefficient (Wildman–Crippen LogP) is 4.51. The van der Waals surface area contributed by atoms with Gasteiger partial charge in [-0.3, -0.25) is 19.1 Å². The molecule has 14 nitrogen and oxygen atoms in total. The Balaban J connectivity index is 1.37. The summed E-state index contributed by atoms with van der Waals surface area (Å²) in [7, 11) is -2.46. The lowest BCUT2D eigenvalue weighted by Gasteiger charge is -2.34. The number of fused-ring (bicyclic) bond motifs is 3. The first-order valence-electron chi connectivity index (χ1n) is 19.1. The Morgan fingerprint density at radius 2 is 1.87 bits per heavy atom. The zero-order valence-electron chi connectivity index (χ0n) is 32.2. The molecule has 300 valence electrons. The van der Waals surface area contributed by atoms with Gasteiger partial charge in [0, 0.05) is 17.7 Å². The molecule has 6 rings (SSSR count). The smallest absolute Gasteiger partial charge is 0.408 e. The number of pyridine rings is 1. The second-order valence-corrected chi connectivity index (χ2v) is 18.3. The molecule has 2 aromatic rings. The second kappa shape index (κ2) is 15.6. The van der Waals surface area contributed by atoms with Crippen LogP contribution < -0.4 is 24.8 Å². The van der Waals surface area contributed by atoms with Crippen LogP contribution in [0.25, 0.3) is 10.8 Å². The molecule has 55 heavy (non-hydrogen) atoms. The van der Waals surface area contributed by atoms with Gasteiger partial charge in [0.05, 0.1) is 30.5 Å². The summed E-state index contributed by atoms with van der Waals surface area (Å²) in [5.74, 6) is -2.79. The van der Waals surface area contributed by atoms with Crippen molar-refractivity contribution in [3.8, 4) is 11.6 Å². The summed E-state index contributed by atoms with van der Waals surface area (Å²) in [5.41, 5.74) is -2.40. The van der Waals surface area contributed by atoms with E-state index in [1.807, 2.05) is 19.1 Å². The van der Waals surface area contributed by atoms with Crippen LogP contribution in [-0.4, -0.2) is 90.3 Å². The third-order valence-electron chi connectivity index (χ3n) is 10.9. The van der Waals surface area contributed by atoms with Gasteiger partial charge in [0.25, 0.3) is 5.91 Å². The van der Waals surface area contributed by atoms with Crippen molar-refractivity contribution >= 4 is 44.6 Å². The third-order valence-corrected chi connectivity index (χ3v) is 12.7. The lowest BCUT2D eigenvalue weighted by Crippen LogP contribution is -2.59. The fourth-order valence-corrected chi connectivity index (χ4v) is 9.09. The monoisotopic (exact) mass is 785 g/mol. The van der Waals surface area contributed by atoms with Crippen LogP contribution in [0.5, 0.6) is 11.6 Å². The standard InChI is InChI=1S/C39H52FN5O9S/c1-7-23-16-22(2)10-8-9-11-24-19-39(24,36(48)44-55(50,51)27-13-14-27)43-33(46)30-18-26(21-45(30)35(47)32(23)42-37(49)54-38(3,4)5)53-34-29-17-25(40)12-15-28(29)31(52-6)20-41-34/h9,11-12,15,17,20,22-24,26-27,30,32H,7-8,10,13-14,16,18-19,21H2,1-6H3,(H,42,49)(H,43,46)(H,44,48)/b11-9-/t22-,23+,24+,26+,30-,32-,39+/m0/s1. The number of carbonyl (C=O) groups is 4. The fraction of sp³-hybridized carbons (Fsp3) is 0.615. The molecule has 16 heteroatoms. The molecular weight excluding hydrogens is 734 g/mol. The molecule has 1 aromatic carbocycles. The molecule has 4 aliphatic rings. The summed E-state index contributed by atoms with van der Waals surface area (Å²) in [5, 5.41) is 5.89. The zero-order valence-corrected chi connectivity index (χ0v) is 33.0. The number of halogens is 1. The number of sulfonamides is 1. The molecule has 2 aliphatic heterocycles. The minimum absolute atomic E-state index is 0.0486. The minimum Gasteiger partial charge on any atom is -0.494 e. The maximum Gasteiger partial charge on any atom is 0.408 e. The maximum absolute atomic E-state index is 14.9. The van der Waals surface area contributed by atoms with Crippen LogP contribution in [0.2, 0.25) is 0 Å². The van der Waals surface area contributed by atoms with Crippen molar-refractivity contribution in [3.05, 3.63) is 42.4 Å². The van der Waals surface area contributed by atoms with Crippen molar-refractivity contribution < 1.29 is 46.2 Å². The molecule has 3 heterocycles. The van der Waals surface area contributed by atoms with Gasteiger partial charge in [0.2, 0.25) is 27.7 Å². The van der Waals surface area contributed by atoms with Gasteiger partial charge in [-0.25, -0.2) is 22.6 Å². The first-order valence-corrected chi connectivity index (χ1v) is 20.6. The Bertz CT molecular complexity index is 1970. The van der Waals surface area contributed by atoms with E-state index < -0.39 is 80.2 Å². The number of nitrogens with one attached hydrogen (secondary N) is 3. The highest BCUT2D eigenvalue weighted by molar-refractivity contribution is 7.91. The quantitative estimate of drug-likeness (QED) is 0.322. The molecule has 0 radical (unpaired) electrons. The van der Waals surface area contributed by atoms with E-state index in [2.05, 4.69) is 27.3 Å². The van der Waals surface area contributed by atoms with Gasteiger partial charge in [-0.1, -0.05) is 32.4 Å². The molecule has 2 aliphatic carbocycles. The van der Waals surface area contributed by atoms with E-state index in [1.165, 1.54) is 30.3 Å². The van der Waals surface area contributed by atoms with Crippen LogP contribution in [0.3, 0.4) is 0 Å². The van der Waals surface area contributed by atoms with Crippen LogP contribution in [-0.2, 0) is 29.1 Å². The van der Waals surface area contributed by atoms with E-state index in [0.29, 0.717) is 48.6 Å². The number of hydrogen-bond donors (Lipinski definition) is 3. The van der Waals surface area contributed by atoms with Crippen molar-refractivity contribution in [2.75, 3.05) is 13.7 Å². The van der Waals surface area contributed by atoms with Crippen LogP contribution in [0, 0.1) is 23.6 Å². The van der Waals surface area contributed by atoms with E-state index >= 15 is 0 Å². The number of carbonyl (C=O) groups excluding carboxylic acids is 4. The summed E-state index contributed by atoms with van der Waals surface area (Å²) in [6.45, 7) is 9.05. The highest BCUT2D eigenvalue weighted by atomic mass is 32.2. The number of benzene rings is 1. The van der Waals surface area contributed by atoms with Crippen molar-refractivity contribution in [2.45, 2.75) is 121 Å². The van der Waals surface area contributed by atoms with Crippen molar-refractivity contribution in [1.29, 1.82) is 0 Å². The molecule has 4 amide bonds. The highest BCUT2D eigenvalue weighted by Crippen LogP contribution is 2.46. The fourth-order valence-electron chi connectivity index (χ4n) is 7.73. The molecule has 1 aromatic heterocycles. The van der Waals surface area contributed by atoms with Crippen molar-refractivity contribution in [3.63, 3.8) is 0 Å². The number of amides is 4. The number of hydrogen-bond acceptors (Lipinski definition) is 10. The average Bonchev–Trinajstić information content (AvgIpc) is 4.04. The van der Waals surface area contributed by atoms with Crippen LogP contribution in [0.1, 0.15) is 86.0 Å². The number of aromatic nitrogens is 1. The molecule has 1 saturated heterocycles. The van der Waals surface area contributed by atoms with Crippen LogP contribution in [0.15, 0.2) is 36.5 Å². The van der Waals surface area contributed by atoms with Gasteiger partial charge in [0.15, 0.2) is 0 Å². The van der Waals surface area contributed by atoms with Crippen molar-refractivity contribution in [1.82, 2.24) is 25.2 Å². The topological polar surface area (TPSA) is 182 Å². The van der Waals surface area contributed by atoms with E-state index in [4.69, 9.17) is 14.2 Å². The Hall–Kier alpha value is -4.47. The van der Waals surface area contributed by atoms with Crippen LogP contribution >= 0.6 is 0 Å². The van der Waals surface area contributed by atoms with Gasteiger partial charge in [-0.05, 0) is 89.3 Å². The normalized spacial score (nSPS) is 29.5. The first-order chi connectivity index (χ1) is 25.9. The van der Waals surface area contributed by atoms with E-state index in [1.54, 1.807) is 26.8 Å². The highest BCUT2D eigenvalue weighted by Gasteiger charge is 2.62. The number of alkyl carbamates (subject to hydrolysis) is 1. The van der Waals surface area contributed by atoms with Gasteiger partial charge in [-0.2, -0.15) is 0 Å². The number of allylic oxidation sites excluding steroid dienone is 1. The van der Waals surface area contributed by atoms with E-state index in [-0.39, 0.29) is 37.1 Å². The largest absolute Gasteiger partial charge is 0.494 e. The Morgan fingerprint density at radius 1 is 1.13 bits per heavy atom. The lowest BCUT2D eigenvalue weighted by molar-refractivity contribution is -0.142. The molecule has 0 spiro atoms. The summed E-state index contributed by atoms with van der Waals surface area (Å²) in [6.07, 6.45) is 7.17. The minimum atomic E-state index is -3.93. The predicted molar refractivity (Wildman–Crippen MR) is 201 cm³/mol. The van der Waals surface area contributed by atoms with Gasteiger partial charge in [0.1, 0.15) is 40.9 Å².